The van der Waals surface area contributed by atoms with Crippen LogP contribution in [0.25, 0.3) is 38.6 Å². The van der Waals surface area contributed by atoms with Crippen LogP contribution in [0.5, 0.6) is 5.75 Å². The van der Waals surface area contributed by atoms with Crippen molar-refractivity contribution in [1.82, 2.24) is 4.57 Å². The second-order valence-corrected chi connectivity index (χ2v) is 13.3. The van der Waals surface area contributed by atoms with Crippen molar-refractivity contribution < 1.29 is 14.3 Å². The Labute approximate surface area is 273 Å². The Morgan fingerprint density at radius 3 is 1.85 bits per heavy atom. The van der Waals surface area contributed by atoms with Crippen molar-refractivity contribution in [2.24, 2.45) is 0 Å². The van der Waals surface area contributed by atoms with Crippen LogP contribution in [-0.4, -0.2) is 23.2 Å². The molecule has 0 bridgehead atoms. The molecule has 0 fully saturated rings. The van der Waals surface area contributed by atoms with Crippen molar-refractivity contribution in [3.63, 3.8) is 0 Å². The topological polar surface area (TPSA) is 48.3 Å². The number of ketones is 2. The number of rotatable bonds is 14. The Kier molecular flexibility index (Phi) is 9.18. The van der Waals surface area contributed by atoms with Crippen molar-refractivity contribution >= 4 is 33.4 Å². The van der Waals surface area contributed by atoms with Gasteiger partial charge in [0.25, 0.3) is 0 Å². The molecule has 0 spiro atoms. The first-order valence-corrected chi connectivity index (χ1v) is 17.3. The Hall–Kier alpha value is -4.18. The third-order valence-corrected chi connectivity index (χ3v) is 10.3. The summed E-state index contributed by atoms with van der Waals surface area (Å²) < 4.78 is 8.14. The Morgan fingerprint density at radius 1 is 0.630 bits per heavy atom. The largest absolute Gasteiger partial charge is 0.497 e. The summed E-state index contributed by atoms with van der Waals surface area (Å²) >= 11 is 0. The van der Waals surface area contributed by atoms with Gasteiger partial charge in [-0.3, -0.25) is 9.59 Å². The van der Waals surface area contributed by atoms with E-state index < -0.39 is 0 Å². The lowest BCUT2D eigenvalue weighted by atomic mass is 9.70. The molecule has 1 aromatic heterocycles. The maximum Gasteiger partial charge on any atom is 0.159 e. The van der Waals surface area contributed by atoms with E-state index in [1.807, 2.05) is 30.3 Å². The minimum absolute atomic E-state index is 0.0572. The number of Topliss-reactive ketones (excluding diaryl/α,β-unsaturated/α-hetero) is 2. The van der Waals surface area contributed by atoms with Crippen LogP contribution >= 0.6 is 0 Å². The lowest BCUT2D eigenvalue weighted by molar-refractivity contribution is 0.100. The molecule has 238 valence electrons. The monoisotopic (exact) mass is 613 g/mol. The van der Waals surface area contributed by atoms with Crippen molar-refractivity contribution in [2.75, 3.05) is 7.11 Å². The summed E-state index contributed by atoms with van der Waals surface area (Å²) in [7, 11) is 1.77. The molecule has 1 aliphatic carbocycles. The molecule has 0 saturated carbocycles. The molecule has 0 N–H and O–H groups in total. The van der Waals surface area contributed by atoms with Crippen LogP contribution in [0.2, 0.25) is 0 Å². The molecule has 1 heterocycles. The standard InChI is InChI=1S/C42H47NO3/c1-6-8-10-12-22-42(23-13-11-9-7-2)38-25-33(46-5)19-20-34(38)35-26-37-36-24-31(29(4)45)16-21-40(36)43(41(37)27-39(35)42)32-17-14-30(15-18-32)28(3)44/h14-21,24-27H,6-13,22-23H2,1-5H3. The highest BCUT2D eigenvalue weighted by Gasteiger charge is 2.43. The predicted octanol–water partition coefficient (Wildman–Crippen LogP) is 11.4. The van der Waals surface area contributed by atoms with Crippen molar-refractivity contribution in [1.29, 1.82) is 0 Å². The molecule has 0 aliphatic heterocycles. The van der Waals surface area contributed by atoms with E-state index in [1.54, 1.807) is 21.0 Å². The molecule has 0 atom stereocenters. The smallest absolute Gasteiger partial charge is 0.159 e. The van der Waals surface area contributed by atoms with Gasteiger partial charge in [-0.25, -0.2) is 0 Å². The fourth-order valence-electron chi connectivity index (χ4n) is 7.82. The van der Waals surface area contributed by atoms with Gasteiger partial charge in [0.15, 0.2) is 11.6 Å². The molecule has 0 saturated heterocycles. The average molecular weight is 614 g/mol. The summed E-state index contributed by atoms with van der Waals surface area (Å²) in [6.45, 7) is 7.80. The average Bonchev–Trinajstić information content (AvgIpc) is 3.52. The molecule has 4 nitrogen and oxygen atoms in total. The molecular weight excluding hydrogens is 566 g/mol. The van der Waals surface area contributed by atoms with Gasteiger partial charge < -0.3 is 9.30 Å². The van der Waals surface area contributed by atoms with Crippen LogP contribution in [0.1, 0.15) is 124 Å². The van der Waals surface area contributed by atoms with Crippen LogP contribution < -0.4 is 4.74 Å². The van der Waals surface area contributed by atoms with Gasteiger partial charge in [-0.05, 0) is 116 Å². The first kappa shape index (κ1) is 31.8. The molecule has 6 rings (SSSR count). The number of carbonyl (C=O) groups is 2. The number of aromatic nitrogens is 1. The van der Waals surface area contributed by atoms with Gasteiger partial charge in [-0.2, -0.15) is 0 Å². The van der Waals surface area contributed by atoms with Gasteiger partial charge in [0.05, 0.1) is 18.1 Å². The lowest BCUT2D eigenvalue weighted by Gasteiger charge is -2.33. The zero-order chi connectivity index (χ0) is 32.4. The second-order valence-electron chi connectivity index (χ2n) is 13.3. The van der Waals surface area contributed by atoms with Gasteiger partial charge in [-0.15, -0.1) is 0 Å². The Morgan fingerprint density at radius 2 is 1.24 bits per heavy atom. The number of unbranched alkanes of at least 4 members (excludes halogenated alkanes) is 6. The number of ether oxygens (including phenoxy) is 1. The number of hydrogen-bond acceptors (Lipinski definition) is 3. The van der Waals surface area contributed by atoms with E-state index >= 15 is 0 Å². The van der Waals surface area contributed by atoms with E-state index in [9.17, 15) is 9.59 Å². The molecule has 0 amide bonds. The third kappa shape index (κ3) is 5.57. The summed E-state index contributed by atoms with van der Waals surface area (Å²) in [5, 5.41) is 2.21. The SMILES string of the molecule is CCCCCCC1(CCCCCC)c2cc(OC)ccc2-c2cc3c4cc(C(C)=O)ccc4n(-c4ccc(C(C)=O)cc4)c3cc21. The Bertz CT molecular complexity index is 1900. The number of hydrogen-bond donors (Lipinski definition) is 0. The fraction of sp³-hybridized carbons (Fsp3) is 0.381. The Balaban J connectivity index is 1.65. The van der Waals surface area contributed by atoms with E-state index in [1.165, 1.54) is 73.6 Å². The zero-order valence-electron chi connectivity index (χ0n) is 28.2. The number of nitrogens with zero attached hydrogens (tertiary/aromatic N) is 1. The van der Waals surface area contributed by atoms with Gasteiger partial charge >= 0.3 is 0 Å². The van der Waals surface area contributed by atoms with Crippen LogP contribution in [-0.2, 0) is 5.41 Å². The van der Waals surface area contributed by atoms with Gasteiger partial charge in [0, 0.05) is 33.0 Å². The molecule has 4 aromatic carbocycles. The third-order valence-electron chi connectivity index (χ3n) is 10.3. The molecule has 1 aliphatic rings. The molecular formula is C42H47NO3. The molecule has 4 heteroatoms. The zero-order valence-corrected chi connectivity index (χ0v) is 28.2. The number of carbonyl (C=O) groups excluding carboxylic acids is 2. The van der Waals surface area contributed by atoms with E-state index in [0.29, 0.717) is 11.1 Å². The highest BCUT2D eigenvalue weighted by Crippen LogP contribution is 2.56. The van der Waals surface area contributed by atoms with Crippen LogP contribution in [0.3, 0.4) is 0 Å². The predicted molar refractivity (Wildman–Crippen MR) is 191 cm³/mol. The first-order valence-electron chi connectivity index (χ1n) is 17.3. The van der Waals surface area contributed by atoms with E-state index in [0.717, 1.165) is 46.1 Å². The summed E-state index contributed by atoms with van der Waals surface area (Å²) in [6, 6.07) is 25.5. The second kappa shape index (κ2) is 13.3. The van der Waals surface area contributed by atoms with Crippen LogP contribution in [0, 0.1) is 0 Å². The number of fused-ring (bicyclic) bond motifs is 6. The first-order chi connectivity index (χ1) is 22.3. The van der Waals surface area contributed by atoms with E-state index in [2.05, 4.69) is 60.9 Å². The summed E-state index contributed by atoms with van der Waals surface area (Å²) in [5.74, 6) is 1.03. The van der Waals surface area contributed by atoms with Gasteiger partial charge in [0.1, 0.15) is 5.75 Å². The van der Waals surface area contributed by atoms with Crippen molar-refractivity contribution in [2.45, 2.75) is 97.3 Å². The normalized spacial score (nSPS) is 13.2. The minimum atomic E-state index is -0.0980. The summed E-state index contributed by atoms with van der Waals surface area (Å²) in [6.07, 6.45) is 12.0. The molecule has 0 radical (unpaired) electrons. The summed E-state index contributed by atoms with van der Waals surface area (Å²) in [5.41, 5.74) is 9.93. The van der Waals surface area contributed by atoms with Crippen molar-refractivity contribution in [3.8, 4) is 22.6 Å². The van der Waals surface area contributed by atoms with Crippen LogP contribution in [0.4, 0.5) is 0 Å². The highest BCUT2D eigenvalue weighted by atomic mass is 16.5. The number of benzene rings is 4. The highest BCUT2D eigenvalue weighted by molar-refractivity contribution is 6.13. The van der Waals surface area contributed by atoms with Crippen molar-refractivity contribution in [3.05, 3.63) is 95.1 Å². The maximum absolute atomic E-state index is 12.5. The lowest BCUT2D eigenvalue weighted by Crippen LogP contribution is -2.25. The van der Waals surface area contributed by atoms with E-state index in [-0.39, 0.29) is 17.0 Å². The maximum atomic E-state index is 12.5. The molecule has 0 unspecified atom stereocenters. The van der Waals surface area contributed by atoms with Gasteiger partial charge in [-0.1, -0.05) is 71.3 Å². The molecule has 46 heavy (non-hydrogen) atoms. The van der Waals surface area contributed by atoms with Crippen LogP contribution in [0.15, 0.2) is 72.8 Å². The van der Waals surface area contributed by atoms with E-state index in [4.69, 9.17) is 4.74 Å². The number of methoxy groups -OCH3 is 1. The fourth-order valence-corrected chi connectivity index (χ4v) is 7.82. The summed E-state index contributed by atoms with van der Waals surface area (Å²) in [4.78, 5) is 24.7. The quantitative estimate of drug-likeness (QED) is 0.0924. The van der Waals surface area contributed by atoms with Gasteiger partial charge in [0.2, 0.25) is 0 Å². The minimum Gasteiger partial charge on any atom is -0.497 e. The molecule has 5 aromatic rings.